The zero-order valence-electron chi connectivity index (χ0n) is 13.3. The van der Waals surface area contributed by atoms with Gasteiger partial charge in [-0.05, 0) is 30.3 Å². The summed E-state index contributed by atoms with van der Waals surface area (Å²) in [5, 5.41) is 10.5. The number of amides is 1. The molecule has 0 spiro atoms. The van der Waals surface area contributed by atoms with Crippen molar-refractivity contribution in [1.29, 1.82) is 0 Å². The summed E-state index contributed by atoms with van der Waals surface area (Å²) in [4.78, 5) is 21.5. The van der Waals surface area contributed by atoms with Crippen molar-refractivity contribution >= 4 is 16.8 Å². The number of benzene rings is 1. The zero-order chi connectivity index (χ0) is 17.1. The van der Waals surface area contributed by atoms with E-state index >= 15 is 0 Å². The third-order valence-electron chi connectivity index (χ3n) is 3.93. The molecule has 2 N–H and O–H groups in total. The number of H-pyrrole nitrogens is 1. The first-order chi connectivity index (χ1) is 12.3. The van der Waals surface area contributed by atoms with Crippen molar-refractivity contribution in [2.24, 2.45) is 0 Å². The highest BCUT2D eigenvalue weighted by molar-refractivity contribution is 6.07. The summed E-state index contributed by atoms with van der Waals surface area (Å²) in [5.41, 5.74) is 3.89. The number of nitrogens with zero attached hydrogens (tertiary/aromatic N) is 3. The minimum absolute atomic E-state index is 0.150. The second kappa shape index (κ2) is 6.52. The molecular formula is C19H15N5O. The van der Waals surface area contributed by atoms with E-state index in [1.165, 1.54) is 0 Å². The smallest absolute Gasteiger partial charge is 0.252 e. The van der Waals surface area contributed by atoms with E-state index in [4.69, 9.17) is 0 Å². The molecule has 0 unspecified atom stereocenters. The first kappa shape index (κ1) is 15.0. The van der Waals surface area contributed by atoms with Crippen LogP contribution in [0.4, 0.5) is 0 Å². The van der Waals surface area contributed by atoms with Gasteiger partial charge in [0.2, 0.25) is 0 Å². The van der Waals surface area contributed by atoms with E-state index in [2.05, 4.69) is 25.5 Å². The fraction of sp³-hybridized carbons (Fsp3) is 0.0526. The van der Waals surface area contributed by atoms with Crippen LogP contribution in [0.3, 0.4) is 0 Å². The number of carbonyl (C=O) groups excluding carboxylic acids is 1. The molecule has 0 bridgehead atoms. The molecule has 6 nitrogen and oxygen atoms in total. The lowest BCUT2D eigenvalue weighted by molar-refractivity contribution is 0.0952. The van der Waals surface area contributed by atoms with Gasteiger partial charge in [0.25, 0.3) is 5.91 Å². The molecule has 0 radical (unpaired) electrons. The van der Waals surface area contributed by atoms with Gasteiger partial charge in [-0.15, -0.1) is 0 Å². The molecular weight excluding hydrogens is 314 g/mol. The minimum Gasteiger partial charge on any atom is -0.346 e. The van der Waals surface area contributed by atoms with Crippen LogP contribution in [0.2, 0.25) is 0 Å². The van der Waals surface area contributed by atoms with Crippen molar-refractivity contribution in [1.82, 2.24) is 25.5 Å². The summed E-state index contributed by atoms with van der Waals surface area (Å²) in [6, 6.07) is 15.0. The molecule has 0 aliphatic rings. The molecule has 4 rings (SSSR count). The highest BCUT2D eigenvalue weighted by Crippen LogP contribution is 2.24. The molecule has 25 heavy (non-hydrogen) atoms. The third-order valence-corrected chi connectivity index (χ3v) is 3.93. The van der Waals surface area contributed by atoms with Crippen LogP contribution in [0.5, 0.6) is 0 Å². The van der Waals surface area contributed by atoms with E-state index in [9.17, 15) is 4.79 Å². The number of fused-ring (bicyclic) bond motifs is 1. The van der Waals surface area contributed by atoms with E-state index in [0.29, 0.717) is 12.1 Å². The molecule has 122 valence electrons. The van der Waals surface area contributed by atoms with Gasteiger partial charge in [0, 0.05) is 29.5 Å². The van der Waals surface area contributed by atoms with Gasteiger partial charge in [0.05, 0.1) is 29.0 Å². The molecule has 0 aliphatic carbocycles. The Morgan fingerprint density at radius 2 is 1.88 bits per heavy atom. The van der Waals surface area contributed by atoms with Gasteiger partial charge in [-0.2, -0.15) is 5.10 Å². The van der Waals surface area contributed by atoms with Crippen molar-refractivity contribution in [2.45, 2.75) is 6.54 Å². The zero-order valence-corrected chi connectivity index (χ0v) is 13.3. The summed E-state index contributed by atoms with van der Waals surface area (Å²) < 4.78 is 0. The fourth-order valence-electron chi connectivity index (χ4n) is 2.69. The molecule has 0 fully saturated rings. The van der Waals surface area contributed by atoms with Gasteiger partial charge in [-0.25, -0.2) is 4.98 Å². The van der Waals surface area contributed by atoms with Crippen molar-refractivity contribution < 1.29 is 4.79 Å². The van der Waals surface area contributed by atoms with Gasteiger partial charge in [0.1, 0.15) is 0 Å². The summed E-state index contributed by atoms with van der Waals surface area (Å²) in [7, 11) is 0. The van der Waals surface area contributed by atoms with Crippen LogP contribution in [-0.4, -0.2) is 26.1 Å². The van der Waals surface area contributed by atoms with E-state index in [0.717, 1.165) is 27.9 Å². The van der Waals surface area contributed by atoms with E-state index in [1.54, 1.807) is 18.6 Å². The average Bonchev–Trinajstić information content (AvgIpc) is 3.19. The fourth-order valence-corrected chi connectivity index (χ4v) is 2.69. The van der Waals surface area contributed by atoms with E-state index < -0.39 is 0 Å². The number of hydrogen-bond donors (Lipinski definition) is 2. The van der Waals surface area contributed by atoms with Crippen LogP contribution >= 0.6 is 0 Å². The van der Waals surface area contributed by atoms with Crippen LogP contribution in [0.1, 0.15) is 16.1 Å². The molecule has 3 heterocycles. The topological polar surface area (TPSA) is 83.6 Å². The molecule has 1 amide bonds. The molecule has 0 aliphatic heterocycles. The molecule has 0 saturated heterocycles. The number of aromatic nitrogens is 4. The van der Waals surface area contributed by atoms with Crippen LogP contribution in [0.25, 0.3) is 22.2 Å². The Labute approximate surface area is 144 Å². The van der Waals surface area contributed by atoms with E-state index in [-0.39, 0.29) is 5.91 Å². The summed E-state index contributed by atoms with van der Waals surface area (Å²) in [5.74, 6) is -0.150. The Kier molecular flexibility index (Phi) is 3.92. The van der Waals surface area contributed by atoms with Crippen LogP contribution in [0, 0.1) is 0 Å². The number of para-hydroxylation sites is 1. The molecule has 0 saturated carbocycles. The average molecular weight is 329 g/mol. The molecule has 1 aromatic carbocycles. The number of carbonyl (C=O) groups is 1. The van der Waals surface area contributed by atoms with Crippen LogP contribution in [-0.2, 0) is 6.54 Å². The predicted molar refractivity (Wildman–Crippen MR) is 94.7 cm³/mol. The Morgan fingerprint density at radius 3 is 2.68 bits per heavy atom. The maximum absolute atomic E-state index is 12.8. The van der Waals surface area contributed by atoms with Crippen molar-refractivity contribution in [3.8, 4) is 11.3 Å². The van der Waals surface area contributed by atoms with Gasteiger partial charge >= 0.3 is 0 Å². The first-order valence-electron chi connectivity index (χ1n) is 7.88. The lowest BCUT2D eigenvalue weighted by Crippen LogP contribution is -2.23. The highest BCUT2D eigenvalue weighted by atomic mass is 16.1. The lowest BCUT2D eigenvalue weighted by atomic mass is 10.0. The van der Waals surface area contributed by atoms with Crippen molar-refractivity contribution in [2.75, 3.05) is 0 Å². The molecule has 4 aromatic rings. The monoisotopic (exact) mass is 329 g/mol. The second-order valence-corrected chi connectivity index (χ2v) is 5.57. The number of aromatic amines is 1. The van der Waals surface area contributed by atoms with Crippen molar-refractivity contribution in [3.05, 3.63) is 78.4 Å². The van der Waals surface area contributed by atoms with Gasteiger partial charge in [-0.3, -0.25) is 14.9 Å². The number of pyridine rings is 2. The molecule has 6 heteroatoms. The second-order valence-electron chi connectivity index (χ2n) is 5.57. The molecule has 0 atom stereocenters. The van der Waals surface area contributed by atoms with Gasteiger partial charge in [0.15, 0.2) is 0 Å². The Hall–Kier alpha value is -3.54. The lowest BCUT2D eigenvalue weighted by Gasteiger charge is -2.10. The third kappa shape index (κ3) is 3.10. The predicted octanol–water partition coefficient (Wildman–Crippen LogP) is 2.95. The Bertz CT molecular complexity index is 1010. The summed E-state index contributed by atoms with van der Waals surface area (Å²) >= 11 is 0. The largest absolute Gasteiger partial charge is 0.346 e. The summed E-state index contributed by atoms with van der Waals surface area (Å²) in [6.45, 7) is 0.389. The standard InChI is InChI=1S/C19H15N5O/c25-19(21-12-14-7-10-22-24-14)16-11-18(13-5-8-20-9-6-13)23-17-4-2-1-3-15(16)17/h1-11H,12H2,(H,21,25)(H,22,24). The van der Waals surface area contributed by atoms with Crippen LogP contribution < -0.4 is 5.32 Å². The normalized spacial score (nSPS) is 10.7. The maximum Gasteiger partial charge on any atom is 0.252 e. The number of rotatable bonds is 4. The highest BCUT2D eigenvalue weighted by Gasteiger charge is 2.14. The minimum atomic E-state index is -0.150. The Balaban J connectivity index is 1.74. The maximum atomic E-state index is 12.8. The van der Waals surface area contributed by atoms with Crippen molar-refractivity contribution in [3.63, 3.8) is 0 Å². The first-order valence-corrected chi connectivity index (χ1v) is 7.88. The quantitative estimate of drug-likeness (QED) is 0.603. The Morgan fingerprint density at radius 1 is 1.04 bits per heavy atom. The van der Waals surface area contributed by atoms with Crippen LogP contribution in [0.15, 0.2) is 67.1 Å². The summed E-state index contributed by atoms with van der Waals surface area (Å²) in [6.07, 6.45) is 5.08. The number of nitrogens with one attached hydrogen (secondary N) is 2. The van der Waals surface area contributed by atoms with E-state index in [1.807, 2.05) is 48.5 Å². The molecule has 3 aromatic heterocycles. The van der Waals surface area contributed by atoms with Gasteiger partial charge < -0.3 is 5.32 Å². The SMILES string of the molecule is O=C(NCc1ccn[nH]1)c1cc(-c2ccncc2)nc2ccccc12. The van der Waals surface area contributed by atoms with Gasteiger partial charge in [-0.1, -0.05) is 18.2 Å². The number of hydrogen-bond acceptors (Lipinski definition) is 4.